The van der Waals surface area contributed by atoms with Gasteiger partial charge < -0.3 is 19.9 Å². The largest absolute Gasteiger partial charge is 0.493 e. The Labute approximate surface area is 124 Å². The highest BCUT2D eigenvalue weighted by Crippen LogP contribution is 2.30. The second-order valence-electron chi connectivity index (χ2n) is 4.75. The van der Waals surface area contributed by atoms with Crippen LogP contribution in [-0.4, -0.2) is 30.7 Å². The molecule has 0 saturated heterocycles. The maximum atomic E-state index is 11.9. The average molecular weight is 295 g/mol. The number of nitrogens with one attached hydrogen (secondary N) is 1. The van der Waals surface area contributed by atoms with Crippen LogP contribution in [0.2, 0.25) is 0 Å². The third-order valence-corrected chi connectivity index (χ3v) is 2.80. The van der Waals surface area contributed by atoms with Crippen LogP contribution in [0.15, 0.2) is 18.2 Å². The average Bonchev–Trinajstić information content (AvgIpc) is 2.38. The summed E-state index contributed by atoms with van der Waals surface area (Å²) in [4.78, 5) is 22.4. The van der Waals surface area contributed by atoms with Gasteiger partial charge in [0, 0.05) is 24.6 Å². The summed E-state index contributed by atoms with van der Waals surface area (Å²) in [6.45, 7) is 4.08. The van der Waals surface area contributed by atoms with Crippen molar-refractivity contribution in [3.05, 3.63) is 18.2 Å². The fourth-order valence-electron chi connectivity index (χ4n) is 1.92. The van der Waals surface area contributed by atoms with Gasteiger partial charge in [-0.15, -0.1) is 0 Å². The van der Waals surface area contributed by atoms with E-state index in [0.29, 0.717) is 23.8 Å². The molecule has 0 saturated carbocycles. The van der Waals surface area contributed by atoms with Gasteiger partial charge in [-0.3, -0.25) is 9.59 Å². The Kier molecular flexibility index (Phi) is 6.52. The number of benzene rings is 1. The third kappa shape index (κ3) is 5.72. The van der Waals surface area contributed by atoms with E-state index in [4.69, 9.17) is 14.6 Å². The highest BCUT2D eigenvalue weighted by molar-refractivity contribution is 5.91. The molecule has 1 atom stereocenters. The Hall–Kier alpha value is -2.24. The van der Waals surface area contributed by atoms with E-state index in [1.807, 2.05) is 6.92 Å². The van der Waals surface area contributed by atoms with Crippen molar-refractivity contribution in [1.29, 1.82) is 0 Å². The number of hydrogen-bond donors (Lipinski definition) is 2. The van der Waals surface area contributed by atoms with Gasteiger partial charge >= 0.3 is 5.97 Å². The van der Waals surface area contributed by atoms with Crippen molar-refractivity contribution in [1.82, 2.24) is 0 Å². The van der Waals surface area contributed by atoms with Crippen LogP contribution < -0.4 is 14.8 Å². The number of rotatable bonds is 8. The first kappa shape index (κ1) is 16.8. The van der Waals surface area contributed by atoms with Crippen molar-refractivity contribution < 1.29 is 24.2 Å². The maximum Gasteiger partial charge on any atom is 0.303 e. The third-order valence-electron chi connectivity index (χ3n) is 2.80. The maximum absolute atomic E-state index is 11.9. The number of hydrogen-bond acceptors (Lipinski definition) is 4. The Morgan fingerprint density at radius 3 is 2.57 bits per heavy atom. The Morgan fingerprint density at radius 1 is 1.29 bits per heavy atom. The number of carboxylic acid groups (broad SMARTS) is 1. The van der Waals surface area contributed by atoms with E-state index in [0.717, 1.165) is 0 Å². The molecule has 0 spiro atoms. The number of anilines is 1. The summed E-state index contributed by atoms with van der Waals surface area (Å²) in [5, 5.41) is 11.4. The molecule has 116 valence electrons. The predicted octanol–water partition coefficient (Wildman–Crippen LogP) is 2.53. The molecule has 0 heterocycles. The normalized spacial score (nSPS) is 11.6. The van der Waals surface area contributed by atoms with Crippen molar-refractivity contribution >= 4 is 17.6 Å². The van der Waals surface area contributed by atoms with Crippen LogP contribution in [-0.2, 0) is 9.59 Å². The van der Waals surface area contributed by atoms with Gasteiger partial charge in [0.15, 0.2) is 11.5 Å². The van der Waals surface area contributed by atoms with Gasteiger partial charge in [-0.05, 0) is 25.0 Å². The molecule has 0 aliphatic rings. The summed E-state index contributed by atoms with van der Waals surface area (Å²) in [6.07, 6.45) is 0.128. The molecule has 0 aromatic heterocycles. The van der Waals surface area contributed by atoms with Gasteiger partial charge in [-0.2, -0.15) is 0 Å². The summed E-state index contributed by atoms with van der Waals surface area (Å²) in [5.41, 5.74) is 0.590. The summed E-state index contributed by atoms with van der Waals surface area (Å²) in [6, 6.07) is 5.10. The molecule has 6 nitrogen and oxygen atoms in total. The molecule has 1 amide bonds. The van der Waals surface area contributed by atoms with E-state index in [1.165, 1.54) is 0 Å². The van der Waals surface area contributed by atoms with Crippen molar-refractivity contribution in [2.75, 3.05) is 19.0 Å². The second-order valence-corrected chi connectivity index (χ2v) is 4.75. The molecule has 0 aliphatic carbocycles. The van der Waals surface area contributed by atoms with E-state index >= 15 is 0 Å². The Bertz CT molecular complexity index is 501. The topological polar surface area (TPSA) is 84.9 Å². The number of aliphatic carboxylic acids is 1. The van der Waals surface area contributed by atoms with E-state index in [9.17, 15) is 9.59 Å². The minimum absolute atomic E-state index is 0.0276. The SMILES string of the molecule is CCOc1cc(NC(=O)CC(C)CC(=O)O)ccc1OC. The van der Waals surface area contributed by atoms with Crippen molar-refractivity contribution in [2.45, 2.75) is 26.7 Å². The fourth-order valence-corrected chi connectivity index (χ4v) is 1.92. The lowest BCUT2D eigenvalue weighted by Crippen LogP contribution is -2.17. The quantitative estimate of drug-likeness (QED) is 0.770. The number of methoxy groups -OCH3 is 1. The lowest BCUT2D eigenvalue weighted by atomic mass is 10.0. The van der Waals surface area contributed by atoms with Crippen molar-refractivity contribution in [2.24, 2.45) is 5.92 Å². The van der Waals surface area contributed by atoms with Crippen LogP contribution in [0.3, 0.4) is 0 Å². The zero-order valence-electron chi connectivity index (χ0n) is 12.5. The molecule has 0 bridgehead atoms. The monoisotopic (exact) mass is 295 g/mol. The zero-order valence-corrected chi connectivity index (χ0v) is 12.5. The number of amides is 1. The van der Waals surface area contributed by atoms with Gasteiger partial charge in [-0.25, -0.2) is 0 Å². The van der Waals surface area contributed by atoms with Gasteiger partial charge in [-0.1, -0.05) is 6.92 Å². The number of carbonyl (C=O) groups excluding carboxylic acids is 1. The van der Waals surface area contributed by atoms with E-state index in [-0.39, 0.29) is 24.7 Å². The zero-order chi connectivity index (χ0) is 15.8. The molecule has 0 fully saturated rings. The van der Waals surface area contributed by atoms with Crippen LogP contribution in [0.4, 0.5) is 5.69 Å². The molecule has 2 N–H and O–H groups in total. The second kappa shape index (κ2) is 8.14. The van der Waals surface area contributed by atoms with Gasteiger partial charge in [0.1, 0.15) is 0 Å². The van der Waals surface area contributed by atoms with Crippen LogP contribution in [0.25, 0.3) is 0 Å². The molecular formula is C15H21NO5. The lowest BCUT2D eigenvalue weighted by molar-refractivity contribution is -0.138. The standard InChI is InChI=1S/C15H21NO5/c1-4-21-13-9-11(5-6-12(13)20-3)16-14(17)7-10(2)8-15(18)19/h5-6,9-10H,4,7-8H2,1-3H3,(H,16,17)(H,18,19). The highest BCUT2D eigenvalue weighted by Gasteiger charge is 2.13. The molecule has 0 radical (unpaired) electrons. The van der Waals surface area contributed by atoms with Crippen LogP contribution in [0, 0.1) is 5.92 Å². The highest BCUT2D eigenvalue weighted by atomic mass is 16.5. The number of carboxylic acids is 1. The summed E-state index contributed by atoms with van der Waals surface area (Å²) >= 11 is 0. The van der Waals surface area contributed by atoms with Crippen molar-refractivity contribution in [3.8, 4) is 11.5 Å². The van der Waals surface area contributed by atoms with E-state index in [2.05, 4.69) is 5.32 Å². The molecular weight excluding hydrogens is 274 g/mol. The van der Waals surface area contributed by atoms with E-state index < -0.39 is 5.97 Å². The molecule has 21 heavy (non-hydrogen) atoms. The van der Waals surface area contributed by atoms with Crippen LogP contribution in [0.1, 0.15) is 26.7 Å². The summed E-state index contributed by atoms with van der Waals surface area (Å²) in [7, 11) is 1.55. The van der Waals surface area contributed by atoms with Gasteiger partial charge in [0.25, 0.3) is 0 Å². The molecule has 0 aliphatic heterocycles. The van der Waals surface area contributed by atoms with Crippen molar-refractivity contribution in [3.63, 3.8) is 0 Å². The first-order chi connectivity index (χ1) is 9.96. The first-order valence-corrected chi connectivity index (χ1v) is 6.78. The molecule has 1 unspecified atom stereocenters. The molecule has 1 rings (SSSR count). The van der Waals surface area contributed by atoms with E-state index in [1.54, 1.807) is 32.2 Å². The van der Waals surface area contributed by atoms with Gasteiger partial charge in [0.05, 0.1) is 13.7 Å². The minimum atomic E-state index is -0.904. The van der Waals surface area contributed by atoms with Gasteiger partial charge in [0.2, 0.25) is 5.91 Å². The molecule has 1 aromatic carbocycles. The Balaban J connectivity index is 2.67. The minimum Gasteiger partial charge on any atom is -0.493 e. The van der Waals surface area contributed by atoms with Crippen LogP contribution >= 0.6 is 0 Å². The smallest absolute Gasteiger partial charge is 0.303 e. The number of carbonyl (C=O) groups is 2. The van der Waals surface area contributed by atoms with Crippen LogP contribution in [0.5, 0.6) is 11.5 Å². The molecule has 1 aromatic rings. The fraction of sp³-hybridized carbons (Fsp3) is 0.467. The Morgan fingerprint density at radius 2 is 2.00 bits per heavy atom. The summed E-state index contributed by atoms with van der Waals surface area (Å²) in [5.74, 6) is -0.202. The number of ether oxygens (including phenoxy) is 2. The molecule has 6 heteroatoms. The lowest BCUT2D eigenvalue weighted by Gasteiger charge is -2.13. The predicted molar refractivity (Wildman–Crippen MR) is 78.8 cm³/mol. The summed E-state index contributed by atoms with van der Waals surface area (Å²) < 4.78 is 10.6. The first-order valence-electron chi connectivity index (χ1n) is 6.78.